The molecule has 1 aromatic rings. The van der Waals surface area contributed by atoms with Crippen LogP contribution in [0.25, 0.3) is 0 Å². The van der Waals surface area contributed by atoms with Crippen LogP contribution in [-0.4, -0.2) is 19.9 Å². The number of sulfonamides is 1. The van der Waals surface area contributed by atoms with E-state index in [1.165, 1.54) is 18.3 Å². The molecule has 0 radical (unpaired) electrons. The van der Waals surface area contributed by atoms with Crippen LogP contribution < -0.4 is 10.5 Å². The largest absolute Gasteiger partial charge is 0.384 e. The molecule has 1 aromatic heterocycles. The standard InChI is InChI=1S/C11H19N3O2S/c1-9(2)4-3-7-14-17(15,16)10-5-6-11(12)13-8-10/h5-6,8-9,14H,3-4,7H2,1-2H3,(H2,12,13). The summed E-state index contributed by atoms with van der Waals surface area (Å²) in [6, 6.07) is 2.93. The summed E-state index contributed by atoms with van der Waals surface area (Å²) in [4.78, 5) is 3.91. The maximum atomic E-state index is 11.8. The molecule has 17 heavy (non-hydrogen) atoms. The number of hydrogen-bond donors (Lipinski definition) is 2. The van der Waals surface area contributed by atoms with Crippen molar-refractivity contribution in [3.8, 4) is 0 Å². The number of anilines is 1. The van der Waals surface area contributed by atoms with E-state index in [9.17, 15) is 8.42 Å². The first-order valence-corrected chi connectivity index (χ1v) is 7.11. The lowest BCUT2D eigenvalue weighted by Gasteiger charge is -2.07. The molecular weight excluding hydrogens is 238 g/mol. The van der Waals surface area contributed by atoms with Crippen LogP contribution in [0.3, 0.4) is 0 Å². The van der Waals surface area contributed by atoms with Gasteiger partial charge in [-0.2, -0.15) is 0 Å². The molecule has 6 heteroatoms. The SMILES string of the molecule is CC(C)CCCNS(=O)(=O)c1ccc(N)nc1. The fraction of sp³-hybridized carbons (Fsp3) is 0.545. The van der Waals surface area contributed by atoms with Crippen LogP contribution in [0.15, 0.2) is 23.2 Å². The highest BCUT2D eigenvalue weighted by Crippen LogP contribution is 2.09. The summed E-state index contributed by atoms with van der Waals surface area (Å²) in [5.74, 6) is 0.890. The second kappa shape index (κ2) is 5.97. The van der Waals surface area contributed by atoms with Crippen LogP contribution in [0, 0.1) is 5.92 Å². The Morgan fingerprint density at radius 1 is 1.41 bits per heavy atom. The van der Waals surface area contributed by atoms with Crippen molar-refractivity contribution in [3.05, 3.63) is 18.3 Å². The molecule has 0 saturated heterocycles. The molecule has 1 rings (SSSR count). The third kappa shape index (κ3) is 4.70. The van der Waals surface area contributed by atoms with Gasteiger partial charge in [0.2, 0.25) is 10.0 Å². The lowest BCUT2D eigenvalue weighted by atomic mass is 10.1. The Morgan fingerprint density at radius 3 is 2.65 bits per heavy atom. The molecule has 0 spiro atoms. The lowest BCUT2D eigenvalue weighted by molar-refractivity contribution is 0.540. The van der Waals surface area contributed by atoms with Gasteiger partial charge < -0.3 is 5.73 Å². The highest BCUT2D eigenvalue weighted by molar-refractivity contribution is 7.89. The molecule has 0 aromatic carbocycles. The molecule has 0 aliphatic carbocycles. The predicted octanol–water partition coefficient (Wildman–Crippen LogP) is 1.38. The zero-order chi connectivity index (χ0) is 12.9. The van der Waals surface area contributed by atoms with E-state index in [0.29, 0.717) is 18.3 Å². The Kier molecular flexibility index (Phi) is 4.89. The fourth-order valence-electron chi connectivity index (χ4n) is 1.35. The third-order valence-corrected chi connectivity index (χ3v) is 3.77. The maximum Gasteiger partial charge on any atom is 0.242 e. The van der Waals surface area contributed by atoms with Gasteiger partial charge in [-0.25, -0.2) is 18.1 Å². The van der Waals surface area contributed by atoms with E-state index in [1.807, 2.05) is 0 Å². The summed E-state index contributed by atoms with van der Waals surface area (Å²) < 4.78 is 26.1. The topological polar surface area (TPSA) is 85.1 Å². The first kappa shape index (κ1) is 13.9. The van der Waals surface area contributed by atoms with Crippen molar-refractivity contribution >= 4 is 15.8 Å². The summed E-state index contributed by atoms with van der Waals surface area (Å²) in [6.07, 6.45) is 3.10. The monoisotopic (exact) mass is 257 g/mol. The van der Waals surface area contributed by atoms with Gasteiger partial charge in [-0.1, -0.05) is 13.8 Å². The van der Waals surface area contributed by atoms with Crippen molar-refractivity contribution in [3.63, 3.8) is 0 Å². The normalized spacial score (nSPS) is 11.9. The summed E-state index contributed by atoms with van der Waals surface area (Å²) in [7, 11) is -3.44. The molecule has 0 amide bonds. The van der Waals surface area contributed by atoms with E-state index in [4.69, 9.17) is 5.73 Å². The molecule has 0 unspecified atom stereocenters. The Labute approximate surface area is 102 Å². The molecular formula is C11H19N3O2S. The number of hydrogen-bond acceptors (Lipinski definition) is 4. The number of nitrogens with one attached hydrogen (secondary N) is 1. The van der Waals surface area contributed by atoms with E-state index < -0.39 is 10.0 Å². The average molecular weight is 257 g/mol. The lowest BCUT2D eigenvalue weighted by Crippen LogP contribution is -2.25. The molecule has 0 aliphatic rings. The van der Waals surface area contributed by atoms with Crippen LogP contribution in [0.4, 0.5) is 5.82 Å². The number of nitrogens with two attached hydrogens (primary N) is 1. The zero-order valence-corrected chi connectivity index (χ0v) is 11.0. The van der Waals surface area contributed by atoms with Crippen molar-refractivity contribution in [1.82, 2.24) is 9.71 Å². The van der Waals surface area contributed by atoms with Crippen LogP contribution in [-0.2, 0) is 10.0 Å². The van der Waals surface area contributed by atoms with Crippen LogP contribution in [0.2, 0.25) is 0 Å². The molecule has 5 nitrogen and oxygen atoms in total. The first-order chi connectivity index (χ1) is 7.92. The fourth-order valence-corrected chi connectivity index (χ4v) is 2.37. The van der Waals surface area contributed by atoms with Gasteiger partial charge in [-0.3, -0.25) is 0 Å². The maximum absolute atomic E-state index is 11.8. The van der Waals surface area contributed by atoms with Gasteiger partial charge in [0.15, 0.2) is 0 Å². The highest BCUT2D eigenvalue weighted by Gasteiger charge is 2.13. The van der Waals surface area contributed by atoms with E-state index in [2.05, 4.69) is 23.6 Å². The Bertz CT molecular complexity index is 440. The molecule has 0 aliphatic heterocycles. The molecule has 3 N–H and O–H groups in total. The number of nitrogen functional groups attached to an aromatic ring is 1. The zero-order valence-electron chi connectivity index (χ0n) is 10.2. The number of pyridine rings is 1. The Balaban J connectivity index is 2.54. The quantitative estimate of drug-likeness (QED) is 0.754. The molecule has 0 fully saturated rings. The third-order valence-electron chi connectivity index (χ3n) is 2.32. The summed E-state index contributed by atoms with van der Waals surface area (Å²) >= 11 is 0. The van der Waals surface area contributed by atoms with Crippen LogP contribution in [0.5, 0.6) is 0 Å². The van der Waals surface area contributed by atoms with Crippen LogP contribution in [0.1, 0.15) is 26.7 Å². The van der Waals surface area contributed by atoms with Crippen molar-refractivity contribution in [2.45, 2.75) is 31.6 Å². The molecule has 1 heterocycles. The predicted molar refractivity (Wildman–Crippen MR) is 67.9 cm³/mol. The average Bonchev–Trinajstić information content (AvgIpc) is 2.25. The minimum absolute atomic E-state index is 0.149. The molecule has 0 saturated carbocycles. The van der Waals surface area contributed by atoms with E-state index >= 15 is 0 Å². The van der Waals surface area contributed by atoms with Gasteiger partial charge in [-0.15, -0.1) is 0 Å². The van der Waals surface area contributed by atoms with Gasteiger partial charge in [-0.05, 0) is 30.9 Å². The van der Waals surface area contributed by atoms with Gasteiger partial charge >= 0.3 is 0 Å². The second-order valence-corrected chi connectivity index (χ2v) is 6.12. The van der Waals surface area contributed by atoms with Crippen molar-refractivity contribution in [2.75, 3.05) is 12.3 Å². The Hall–Kier alpha value is -1.14. The van der Waals surface area contributed by atoms with Gasteiger partial charge in [0.05, 0.1) is 0 Å². The van der Waals surface area contributed by atoms with E-state index in [-0.39, 0.29) is 4.90 Å². The number of rotatable bonds is 6. The Morgan fingerprint density at radius 2 is 2.12 bits per heavy atom. The highest BCUT2D eigenvalue weighted by atomic mass is 32.2. The minimum atomic E-state index is -3.44. The number of nitrogens with zero attached hydrogens (tertiary/aromatic N) is 1. The van der Waals surface area contributed by atoms with Crippen molar-refractivity contribution in [2.24, 2.45) is 5.92 Å². The number of aromatic nitrogens is 1. The van der Waals surface area contributed by atoms with Crippen LogP contribution >= 0.6 is 0 Å². The van der Waals surface area contributed by atoms with E-state index in [1.54, 1.807) is 0 Å². The first-order valence-electron chi connectivity index (χ1n) is 5.63. The van der Waals surface area contributed by atoms with Gasteiger partial charge in [0.25, 0.3) is 0 Å². The molecule has 0 bridgehead atoms. The van der Waals surface area contributed by atoms with Gasteiger partial charge in [0.1, 0.15) is 10.7 Å². The summed E-state index contributed by atoms with van der Waals surface area (Å²) in [5.41, 5.74) is 5.40. The van der Waals surface area contributed by atoms with E-state index in [0.717, 1.165) is 12.8 Å². The van der Waals surface area contributed by atoms with Crippen molar-refractivity contribution in [1.29, 1.82) is 0 Å². The smallest absolute Gasteiger partial charge is 0.242 e. The summed E-state index contributed by atoms with van der Waals surface area (Å²) in [6.45, 7) is 4.67. The molecule has 96 valence electrons. The molecule has 0 atom stereocenters. The van der Waals surface area contributed by atoms with Gasteiger partial charge in [0, 0.05) is 12.7 Å². The second-order valence-electron chi connectivity index (χ2n) is 4.35. The minimum Gasteiger partial charge on any atom is -0.384 e. The summed E-state index contributed by atoms with van der Waals surface area (Å²) in [5, 5.41) is 0. The van der Waals surface area contributed by atoms with Crippen molar-refractivity contribution < 1.29 is 8.42 Å².